The van der Waals surface area contributed by atoms with E-state index in [9.17, 15) is 9.59 Å². The van der Waals surface area contributed by atoms with Crippen LogP contribution in [-0.2, 0) is 9.53 Å². The van der Waals surface area contributed by atoms with Gasteiger partial charge in [-0.3, -0.25) is 9.59 Å². The minimum Gasteiger partial charge on any atom is -0.465 e. The highest BCUT2D eigenvalue weighted by Gasteiger charge is 2.26. The largest absolute Gasteiger partial charge is 0.465 e. The van der Waals surface area contributed by atoms with Gasteiger partial charge in [0.05, 0.1) is 6.61 Å². The van der Waals surface area contributed by atoms with E-state index in [1.807, 2.05) is 25.3 Å². The standard InChI is InChI=1S/C16H24N2O3/c1-3-10-17(12-15(19)21-4-2)16(20)14-9-6-11-18(14)13-7-5-8-13/h6,9,11,13H,3-5,7-8,10,12H2,1-2H3. The van der Waals surface area contributed by atoms with E-state index in [2.05, 4.69) is 4.57 Å². The Kier molecular flexibility index (Phi) is 5.42. The van der Waals surface area contributed by atoms with Crippen LogP contribution in [0.4, 0.5) is 0 Å². The predicted molar refractivity (Wildman–Crippen MR) is 80.1 cm³/mol. The minimum absolute atomic E-state index is 0.0242. The zero-order valence-corrected chi connectivity index (χ0v) is 12.9. The average molecular weight is 292 g/mol. The van der Waals surface area contributed by atoms with E-state index in [1.165, 1.54) is 6.42 Å². The van der Waals surface area contributed by atoms with Crippen LogP contribution in [0.1, 0.15) is 56.1 Å². The molecule has 2 rings (SSSR count). The minimum atomic E-state index is -0.346. The van der Waals surface area contributed by atoms with E-state index in [-0.39, 0.29) is 18.4 Å². The Morgan fingerprint density at radius 1 is 1.38 bits per heavy atom. The Labute approximate surface area is 125 Å². The van der Waals surface area contributed by atoms with Crippen molar-refractivity contribution >= 4 is 11.9 Å². The van der Waals surface area contributed by atoms with Gasteiger partial charge in [-0.2, -0.15) is 0 Å². The summed E-state index contributed by atoms with van der Waals surface area (Å²) in [6.07, 6.45) is 6.25. The van der Waals surface area contributed by atoms with Gasteiger partial charge in [-0.25, -0.2) is 0 Å². The van der Waals surface area contributed by atoms with Gasteiger partial charge < -0.3 is 14.2 Å². The van der Waals surface area contributed by atoms with Gasteiger partial charge in [0, 0.05) is 18.8 Å². The molecular weight excluding hydrogens is 268 g/mol. The third-order valence-corrected chi connectivity index (χ3v) is 3.87. The maximum Gasteiger partial charge on any atom is 0.325 e. The molecule has 0 unspecified atom stereocenters. The van der Waals surface area contributed by atoms with Crippen LogP contribution in [0.3, 0.4) is 0 Å². The lowest BCUT2D eigenvalue weighted by molar-refractivity contribution is -0.143. The first-order valence-electron chi connectivity index (χ1n) is 7.79. The Bertz CT molecular complexity index is 491. The maximum atomic E-state index is 12.7. The van der Waals surface area contributed by atoms with E-state index in [4.69, 9.17) is 4.74 Å². The molecule has 116 valence electrons. The Hall–Kier alpha value is -1.78. The van der Waals surface area contributed by atoms with Crippen molar-refractivity contribution in [3.63, 3.8) is 0 Å². The van der Waals surface area contributed by atoms with Crippen LogP contribution < -0.4 is 0 Å². The second-order valence-corrected chi connectivity index (χ2v) is 5.42. The molecule has 0 spiro atoms. The average Bonchev–Trinajstić information content (AvgIpc) is 2.84. The summed E-state index contributed by atoms with van der Waals surface area (Å²) in [5, 5.41) is 0. The van der Waals surface area contributed by atoms with Crippen LogP contribution >= 0.6 is 0 Å². The van der Waals surface area contributed by atoms with Crippen molar-refractivity contribution in [1.82, 2.24) is 9.47 Å². The number of carbonyl (C=O) groups is 2. The number of aromatic nitrogens is 1. The molecule has 0 atom stereocenters. The SMILES string of the molecule is CCCN(CC(=O)OCC)C(=O)c1cccn1C1CCC1. The molecule has 1 fully saturated rings. The number of rotatable bonds is 7. The second-order valence-electron chi connectivity index (χ2n) is 5.42. The number of hydrogen-bond donors (Lipinski definition) is 0. The lowest BCUT2D eigenvalue weighted by Gasteiger charge is -2.30. The molecule has 5 heteroatoms. The number of esters is 1. The van der Waals surface area contributed by atoms with Crippen LogP contribution in [0.5, 0.6) is 0 Å². The first kappa shape index (κ1) is 15.6. The van der Waals surface area contributed by atoms with E-state index in [1.54, 1.807) is 11.8 Å². The van der Waals surface area contributed by atoms with Crippen molar-refractivity contribution in [1.29, 1.82) is 0 Å². The summed E-state index contributed by atoms with van der Waals surface area (Å²) < 4.78 is 7.01. The highest BCUT2D eigenvalue weighted by Crippen LogP contribution is 2.33. The summed E-state index contributed by atoms with van der Waals surface area (Å²) in [6.45, 7) is 4.69. The maximum absolute atomic E-state index is 12.7. The molecule has 1 saturated carbocycles. The van der Waals surface area contributed by atoms with Gasteiger partial charge >= 0.3 is 5.97 Å². The van der Waals surface area contributed by atoms with Gasteiger partial charge in [0.25, 0.3) is 5.91 Å². The summed E-state index contributed by atoms with van der Waals surface area (Å²) in [5.74, 6) is -0.428. The van der Waals surface area contributed by atoms with Crippen molar-refractivity contribution in [2.75, 3.05) is 19.7 Å². The van der Waals surface area contributed by atoms with Gasteiger partial charge in [-0.05, 0) is 44.7 Å². The highest BCUT2D eigenvalue weighted by molar-refractivity contribution is 5.94. The summed E-state index contributed by atoms with van der Waals surface area (Å²) in [7, 11) is 0. The molecule has 1 aromatic rings. The van der Waals surface area contributed by atoms with E-state index < -0.39 is 0 Å². The lowest BCUT2D eigenvalue weighted by atomic mass is 9.93. The van der Waals surface area contributed by atoms with Crippen LogP contribution in [0.15, 0.2) is 18.3 Å². The second kappa shape index (κ2) is 7.29. The topological polar surface area (TPSA) is 51.5 Å². The molecule has 1 aliphatic rings. The highest BCUT2D eigenvalue weighted by atomic mass is 16.5. The van der Waals surface area contributed by atoms with Crippen molar-refractivity contribution in [2.24, 2.45) is 0 Å². The van der Waals surface area contributed by atoms with Gasteiger partial charge in [0.2, 0.25) is 0 Å². The predicted octanol–water partition coefficient (Wildman–Crippen LogP) is 2.63. The normalized spacial score (nSPS) is 14.6. The molecule has 0 aromatic carbocycles. The molecule has 0 radical (unpaired) electrons. The molecular formula is C16H24N2O3. The third kappa shape index (κ3) is 3.65. The van der Waals surface area contributed by atoms with Gasteiger partial charge in [-0.15, -0.1) is 0 Å². The van der Waals surface area contributed by atoms with Crippen molar-refractivity contribution in [2.45, 2.75) is 45.6 Å². The van der Waals surface area contributed by atoms with Crippen LogP contribution in [0, 0.1) is 0 Å². The zero-order chi connectivity index (χ0) is 15.2. The first-order chi connectivity index (χ1) is 10.2. The smallest absolute Gasteiger partial charge is 0.325 e. The van der Waals surface area contributed by atoms with Crippen molar-refractivity contribution in [3.05, 3.63) is 24.0 Å². The third-order valence-electron chi connectivity index (χ3n) is 3.87. The molecule has 1 aliphatic carbocycles. The number of ether oxygens (including phenoxy) is 1. The molecule has 0 aliphatic heterocycles. The van der Waals surface area contributed by atoms with E-state index in [0.29, 0.717) is 24.9 Å². The molecule has 0 bridgehead atoms. The molecule has 0 N–H and O–H groups in total. The molecule has 0 saturated heterocycles. The molecule has 1 aromatic heterocycles. The lowest BCUT2D eigenvalue weighted by Crippen LogP contribution is -2.38. The van der Waals surface area contributed by atoms with Crippen molar-refractivity contribution in [3.8, 4) is 0 Å². The number of amides is 1. The zero-order valence-electron chi connectivity index (χ0n) is 12.9. The molecule has 1 heterocycles. The van der Waals surface area contributed by atoms with E-state index in [0.717, 1.165) is 19.3 Å². The number of nitrogens with zero attached hydrogens (tertiary/aromatic N) is 2. The molecule has 21 heavy (non-hydrogen) atoms. The monoisotopic (exact) mass is 292 g/mol. The van der Waals surface area contributed by atoms with Gasteiger partial charge in [0.1, 0.15) is 12.2 Å². The van der Waals surface area contributed by atoms with Gasteiger partial charge in [-0.1, -0.05) is 6.92 Å². The van der Waals surface area contributed by atoms with E-state index >= 15 is 0 Å². The fraction of sp³-hybridized carbons (Fsp3) is 0.625. The van der Waals surface area contributed by atoms with Crippen LogP contribution in [-0.4, -0.2) is 41.0 Å². The van der Waals surface area contributed by atoms with Gasteiger partial charge in [0.15, 0.2) is 0 Å². The quantitative estimate of drug-likeness (QED) is 0.726. The Balaban J connectivity index is 2.10. The summed E-state index contributed by atoms with van der Waals surface area (Å²) in [5.41, 5.74) is 0.678. The summed E-state index contributed by atoms with van der Waals surface area (Å²) >= 11 is 0. The summed E-state index contributed by atoms with van der Waals surface area (Å²) in [6, 6.07) is 4.18. The van der Waals surface area contributed by atoms with Crippen LogP contribution in [0.2, 0.25) is 0 Å². The number of carbonyl (C=O) groups excluding carboxylic acids is 2. The Morgan fingerprint density at radius 3 is 2.71 bits per heavy atom. The van der Waals surface area contributed by atoms with Crippen molar-refractivity contribution < 1.29 is 14.3 Å². The first-order valence-corrected chi connectivity index (χ1v) is 7.79. The molecule has 1 amide bonds. The molecule has 5 nitrogen and oxygen atoms in total. The Morgan fingerprint density at radius 2 is 2.14 bits per heavy atom. The fourth-order valence-electron chi connectivity index (χ4n) is 2.61. The number of hydrogen-bond acceptors (Lipinski definition) is 3. The summed E-state index contributed by atoms with van der Waals surface area (Å²) in [4.78, 5) is 25.9. The fourth-order valence-corrected chi connectivity index (χ4v) is 2.61. The van der Waals surface area contributed by atoms with Crippen LogP contribution in [0.25, 0.3) is 0 Å².